The van der Waals surface area contributed by atoms with E-state index < -0.39 is 0 Å². The Morgan fingerprint density at radius 2 is 1.82 bits per heavy atom. The molecule has 0 spiro atoms. The second-order valence-electron chi connectivity index (χ2n) is 6.01. The number of hydrogen-bond donors (Lipinski definition) is 3. The SMILES string of the molecule is CCC(C)NC(=O)C(C)Nc1ccc(C(=O)NC2CC2)cc1. The maximum absolute atomic E-state index is 12.0. The molecule has 1 saturated carbocycles. The molecular formula is C17H25N3O2. The van der Waals surface area contributed by atoms with Crippen LogP contribution in [0.5, 0.6) is 0 Å². The molecule has 1 aromatic carbocycles. The highest BCUT2D eigenvalue weighted by Crippen LogP contribution is 2.19. The molecule has 0 bridgehead atoms. The van der Waals surface area contributed by atoms with E-state index in [1.165, 1.54) is 0 Å². The minimum atomic E-state index is -0.319. The number of hydrogen-bond acceptors (Lipinski definition) is 3. The molecule has 1 aliphatic carbocycles. The van der Waals surface area contributed by atoms with Crippen LogP contribution in [0.3, 0.4) is 0 Å². The van der Waals surface area contributed by atoms with Gasteiger partial charge in [-0.3, -0.25) is 9.59 Å². The molecule has 2 unspecified atom stereocenters. The van der Waals surface area contributed by atoms with Gasteiger partial charge >= 0.3 is 0 Å². The van der Waals surface area contributed by atoms with Gasteiger partial charge in [-0.25, -0.2) is 0 Å². The van der Waals surface area contributed by atoms with Gasteiger partial charge in [0, 0.05) is 23.3 Å². The maximum Gasteiger partial charge on any atom is 0.251 e. The zero-order chi connectivity index (χ0) is 16.1. The normalized spacial score (nSPS) is 16.5. The summed E-state index contributed by atoms with van der Waals surface area (Å²) in [5, 5.41) is 9.04. The lowest BCUT2D eigenvalue weighted by molar-refractivity contribution is -0.122. The Balaban J connectivity index is 1.87. The quantitative estimate of drug-likeness (QED) is 0.724. The molecule has 2 rings (SSSR count). The third-order valence-corrected chi connectivity index (χ3v) is 3.84. The molecule has 0 heterocycles. The number of benzene rings is 1. The van der Waals surface area contributed by atoms with E-state index in [0.717, 1.165) is 24.9 Å². The average Bonchev–Trinajstić information content (AvgIpc) is 3.31. The predicted molar refractivity (Wildman–Crippen MR) is 87.9 cm³/mol. The lowest BCUT2D eigenvalue weighted by atomic mass is 10.1. The number of amides is 2. The van der Waals surface area contributed by atoms with Crippen LogP contribution in [0.25, 0.3) is 0 Å². The van der Waals surface area contributed by atoms with E-state index in [4.69, 9.17) is 0 Å². The standard InChI is InChI=1S/C17H25N3O2/c1-4-11(2)18-16(21)12(3)19-14-7-5-13(6-8-14)17(22)20-15-9-10-15/h5-8,11-12,15,19H,4,9-10H2,1-3H3,(H,18,21)(H,20,22). The first-order chi connectivity index (χ1) is 10.5. The zero-order valence-electron chi connectivity index (χ0n) is 13.5. The van der Waals surface area contributed by atoms with Crippen LogP contribution in [0.2, 0.25) is 0 Å². The van der Waals surface area contributed by atoms with Crippen LogP contribution in [-0.4, -0.2) is 29.9 Å². The topological polar surface area (TPSA) is 70.2 Å². The maximum atomic E-state index is 12.0. The van der Waals surface area contributed by atoms with Crippen molar-refractivity contribution in [2.75, 3.05) is 5.32 Å². The summed E-state index contributed by atoms with van der Waals surface area (Å²) in [4.78, 5) is 23.9. The van der Waals surface area contributed by atoms with Crippen LogP contribution in [0.4, 0.5) is 5.69 Å². The van der Waals surface area contributed by atoms with Gasteiger partial charge in [0.1, 0.15) is 6.04 Å². The first-order valence-corrected chi connectivity index (χ1v) is 7.97. The molecule has 2 atom stereocenters. The number of rotatable bonds is 7. The fraction of sp³-hybridized carbons (Fsp3) is 0.529. The summed E-state index contributed by atoms with van der Waals surface area (Å²) in [6, 6.07) is 7.42. The first kappa shape index (κ1) is 16.3. The van der Waals surface area contributed by atoms with Crippen LogP contribution < -0.4 is 16.0 Å². The summed E-state index contributed by atoms with van der Waals surface area (Å²) in [5.41, 5.74) is 1.48. The highest BCUT2D eigenvalue weighted by Gasteiger charge is 2.23. The van der Waals surface area contributed by atoms with Crippen molar-refractivity contribution in [3.05, 3.63) is 29.8 Å². The van der Waals surface area contributed by atoms with Crippen LogP contribution >= 0.6 is 0 Å². The number of carbonyl (C=O) groups is 2. The van der Waals surface area contributed by atoms with Crippen molar-refractivity contribution in [3.8, 4) is 0 Å². The monoisotopic (exact) mass is 303 g/mol. The number of carbonyl (C=O) groups excluding carboxylic acids is 2. The van der Waals surface area contributed by atoms with Crippen LogP contribution in [0, 0.1) is 0 Å². The van der Waals surface area contributed by atoms with E-state index in [0.29, 0.717) is 11.6 Å². The van der Waals surface area contributed by atoms with E-state index in [1.54, 1.807) is 12.1 Å². The minimum absolute atomic E-state index is 0.0232. The molecule has 1 aromatic rings. The molecule has 5 heteroatoms. The molecule has 0 saturated heterocycles. The second-order valence-corrected chi connectivity index (χ2v) is 6.01. The highest BCUT2D eigenvalue weighted by atomic mass is 16.2. The first-order valence-electron chi connectivity index (χ1n) is 7.97. The lowest BCUT2D eigenvalue weighted by Gasteiger charge is -2.18. The van der Waals surface area contributed by atoms with Crippen molar-refractivity contribution in [2.24, 2.45) is 0 Å². The molecule has 2 amide bonds. The smallest absolute Gasteiger partial charge is 0.251 e. The van der Waals surface area contributed by atoms with Gasteiger partial charge in [-0.05, 0) is 57.4 Å². The number of nitrogens with one attached hydrogen (secondary N) is 3. The molecular weight excluding hydrogens is 278 g/mol. The second kappa shape index (κ2) is 7.29. The fourth-order valence-electron chi connectivity index (χ4n) is 2.00. The van der Waals surface area contributed by atoms with E-state index in [9.17, 15) is 9.59 Å². The van der Waals surface area contributed by atoms with Gasteiger partial charge < -0.3 is 16.0 Å². The van der Waals surface area contributed by atoms with Crippen LogP contribution in [0.15, 0.2) is 24.3 Å². The van der Waals surface area contributed by atoms with Crippen molar-refractivity contribution in [2.45, 2.75) is 58.2 Å². The zero-order valence-corrected chi connectivity index (χ0v) is 13.5. The van der Waals surface area contributed by atoms with Gasteiger partial charge in [0.2, 0.25) is 5.91 Å². The molecule has 120 valence electrons. The molecule has 3 N–H and O–H groups in total. The van der Waals surface area contributed by atoms with Gasteiger partial charge in [-0.1, -0.05) is 6.92 Å². The summed E-state index contributed by atoms with van der Waals surface area (Å²) >= 11 is 0. The predicted octanol–water partition coefficient (Wildman–Crippen LogP) is 2.29. The van der Waals surface area contributed by atoms with Gasteiger partial charge in [0.25, 0.3) is 5.91 Å². The van der Waals surface area contributed by atoms with Crippen molar-refractivity contribution >= 4 is 17.5 Å². The third kappa shape index (κ3) is 4.76. The molecule has 5 nitrogen and oxygen atoms in total. The highest BCUT2D eigenvalue weighted by molar-refractivity contribution is 5.95. The Labute approximate surface area is 131 Å². The van der Waals surface area contributed by atoms with Gasteiger partial charge in [-0.2, -0.15) is 0 Å². The lowest BCUT2D eigenvalue weighted by Crippen LogP contribution is -2.41. The summed E-state index contributed by atoms with van der Waals surface area (Å²) in [7, 11) is 0. The molecule has 1 fully saturated rings. The van der Waals surface area contributed by atoms with Crippen molar-refractivity contribution < 1.29 is 9.59 Å². The van der Waals surface area contributed by atoms with E-state index in [1.807, 2.05) is 32.9 Å². The van der Waals surface area contributed by atoms with Crippen LogP contribution in [-0.2, 0) is 4.79 Å². The Bertz CT molecular complexity index is 523. The Hall–Kier alpha value is -2.04. The van der Waals surface area contributed by atoms with E-state index >= 15 is 0 Å². The largest absolute Gasteiger partial charge is 0.374 e. The molecule has 0 aliphatic heterocycles. The Morgan fingerprint density at radius 1 is 1.18 bits per heavy atom. The Kier molecular flexibility index (Phi) is 5.41. The Morgan fingerprint density at radius 3 is 2.36 bits per heavy atom. The van der Waals surface area contributed by atoms with Crippen molar-refractivity contribution in [1.29, 1.82) is 0 Å². The fourth-order valence-corrected chi connectivity index (χ4v) is 2.00. The van der Waals surface area contributed by atoms with E-state index in [-0.39, 0.29) is 23.9 Å². The molecule has 0 radical (unpaired) electrons. The third-order valence-electron chi connectivity index (χ3n) is 3.84. The molecule has 1 aliphatic rings. The average molecular weight is 303 g/mol. The number of anilines is 1. The summed E-state index contributed by atoms with van der Waals surface area (Å²) in [6.07, 6.45) is 3.06. The summed E-state index contributed by atoms with van der Waals surface area (Å²) in [5.74, 6) is -0.0542. The van der Waals surface area contributed by atoms with E-state index in [2.05, 4.69) is 16.0 Å². The van der Waals surface area contributed by atoms with Crippen LogP contribution in [0.1, 0.15) is 50.4 Å². The van der Waals surface area contributed by atoms with Crippen molar-refractivity contribution in [3.63, 3.8) is 0 Å². The van der Waals surface area contributed by atoms with Gasteiger partial charge in [-0.15, -0.1) is 0 Å². The molecule has 0 aromatic heterocycles. The minimum Gasteiger partial charge on any atom is -0.374 e. The summed E-state index contributed by atoms with van der Waals surface area (Å²) < 4.78 is 0. The van der Waals surface area contributed by atoms with Gasteiger partial charge in [0.15, 0.2) is 0 Å². The summed E-state index contributed by atoms with van der Waals surface area (Å²) in [6.45, 7) is 5.85. The van der Waals surface area contributed by atoms with Crippen molar-refractivity contribution in [1.82, 2.24) is 10.6 Å². The molecule has 22 heavy (non-hydrogen) atoms. The van der Waals surface area contributed by atoms with Gasteiger partial charge in [0.05, 0.1) is 0 Å².